The number of aliphatic hydroxyl groups is 1. The zero-order valence-electron chi connectivity index (χ0n) is 10.1. The van der Waals surface area contributed by atoms with Crippen molar-refractivity contribution in [3.05, 3.63) is 23.6 Å². The maximum atomic E-state index is 13.0. The quantitative estimate of drug-likeness (QED) is 0.844. The number of aromatic nitrogens is 1. The second-order valence-electron chi connectivity index (χ2n) is 4.62. The molecule has 1 unspecified atom stereocenters. The van der Waals surface area contributed by atoms with Gasteiger partial charge in [0.1, 0.15) is 11.6 Å². The first kappa shape index (κ1) is 14.0. The Morgan fingerprint density at radius 1 is 1.42 bits per heavy atom. The molecule has 7 heteroatoms. The summed E-state index contributed by atoms with van der Waals surface area (Å²) in [5.41, 5.74) is 0.211. The van der Waals surface area contributed by atoms with Crippen molar-refractivity contribution in [1.29, 1.82) is 0 Å². The minimum Gasteiger partial charge on any atom is -0.392 e. The van der Waals surface area contributed by atoms with E-state index < -0.39 is 24.5 Å². The summed E-state index contributed by atoms with van der Waals surface area (Å²) in [7, 11) is 0. The Hall–Kier alpha value is -1.37. The number of nitrogens with zero attached hydrogens (tertiary/aromatic N) is 2. The van der Waals surface area contributed by atoms with E-state index >= 15 is 0 Å². The van der Waals surface area contributed by atoms with Crippen LogP contribution in [0.15, 0.2) is 12.3 Å². The van der Waals surface area contributed by atoms with E-state index in [0.717, 1.165) is 12.3 Å². The summed E-state index contributed by atoms with van der Waals surface area (Å²) < 4.78 is 51.2. The van der Waals surface area contributed by atoms with E-state index in [1.165, 1.54) is 4.90 Å². The molecular formula is C12H14F4N2O. The molecule has 1 N–H and O–H groups in total. The topological polar surface area (TPSA) is 36.4 Å². The molecule has 1 aromatic heterocycles. The lowest BCUT2D eigenvalue weighted by atomic mass is 9.97. The highest BCUT2D eigenvalue weighted by molar-refractivity contribution is 5.47. The van der Waals surface area contributed by atoms with Crippen LogP contribution in [0.5, 0.6) is 0 Å². The number of rotatable bonds is 2. The third kappa shape index (κ3) is 3.15. The predicted molar refractivity (Wildman–Crippen MR) is 61.1 cm³/mol. The first-order valence-corrected chi connectivity index (χ1v) is 5.98. The van der Waals surface area contributed by atoms with Crippen LogP contribution >= 0.6 is 0 Å². The lowest BCUT2D eigenvalue weighted by Crippen LogP contribution is -2.42. The van der Waals surface area contributed by atoms with E-state index in [-0.39, 0.29) is 24.3 Å². The average molecular weight is 278 g/mol. The maximum absolute atomic E-state index is 13.0. The third-order valence-corrected chi connectivity index (χ3v) is 3.26. The monoisotopic (exact) mass is 278 g/mol. The molecule has 1 saturated heterocycles. The summed E-state index contributed by atoms with van der Waals surface area (Å²) in [6, 6.07) is 1.10. The van der Waals surface area contributed by atoms with Crippen molar-refractivity contribution in [1.82, 2.24) is 4.98 Å². The predicted octanol–water partition coefficient (Wildman–Crippen LogP) is 2.49. The first-order valence-electron chi connectivity index (χ1n) is 5.98. The second-order valence-corrected chi connectivity index (χ2v) is 4.62. The molecule has 19 heavy (non-hydrogen) atoms. The van der Waals surface area contributed by atoms with Crippen LogP contribution in [0, 0.1) is 11.7 Å². The summed E-state index contributed by atoms with van der Waals surface area (Å²) >= 11 is 0. The average Bonchev–Trinajstić information content (AvgIpc) is 2.37. The summed E-state index contributed by atoms with van der Waals surface area (Å²) in [4.78, 5) is 5.28. The van der Waals surface area contributed by atoms with Crippen molar-refractivity contribution in [2.75, 3.05) is 18.0 Å². The fourth-order valence-corrected chi connectivity index (χ4v) is 2.31. The van der Waals surface area contributed by atoms with Gasteiger partial charge in [0.25, 0.3) is 0 Å². The van der Waals surface area contributed by atoms with Crippen molar-refractivity contribution in [3.8, 4) is 0 Å². The maximum Gasteiger partial charge on any atom is 0.393 e. The van der Waals surface area contributed by atoms with Crippen molar-refractivity contribution in [2.24, 2.45) is 5.92 Å². The van der Waals surface area contributed by atoms with Gasteiger partial charge in [0.15, 0.2) is 0 Å². The highest BCUT2D eigenvalue weighted by Crippen LogP contribution is 2.35. The molecule has 1 aliphatic rings. The Morgan fingerprint density at radius 2 is 2.16 bits per heavy atom. The zero-order chi connectivity index (χ0) is 14.0. The molecule has 1 aliphatic heterocycles. The first-order chi connectivity index (χ1) is 8.91. The Labute approximate surface area is 107 Å². The van der Waals surface area contributed by atoms with Gasteiger partial charge in [-0.05, 0) is 18.9 Å². The summed E-state index contributed by atoms with van der Waals surface area (Å²) in [5.74, 6) is -1.78. The normalized spacial score (nSPS) is 20.7. The van der Waals surface area contributed by atoms with Gasteiger partial charge in [-0.3, -0.25) is 0 Å². The van der Waals surface area contributed by atoms with E-state index in [9.17, 15) is 17.6 Å². The summed E-state index contributed by atoms with van der Waals surface area (Å²) in [6.07, 6.45) is -2.80. The van der Waals surface area contributed by atoms with Crippen LogP contribution in [0.2, 0.25) is 0 Å². The van der Waals surface area contributed by atoms with Gasteiger partial charge in [-0.1, -0.05) is 0 Å². The number of piperidine rings is 1. The minimum absolute atomic E-state index is 0.0929. The van der Waals surface area contributed by atoms with Gasteiger partial charge >= 0.3 is 6.18 Å². The number of hydrogen-bond donors (Lipinski definition) is 1. The van der Waals surface area contributed by atoms with Crippen molar-refractivity contribution in [3.63, 3.8) is 0 Å². The molecule has 1 aromatic rings. The standard InChI is InChI=1S/C12H14F4N2O/c13-10-4-8(7-19)11(17-5-10)18-3-1-2-9(6-18)12(14,15)16/h4-5,9,19H,1-3,6-7H2. The van der Waals surface area contributed by atoms with E-state index in [0.29, 0.717) is 13.0 Å². The Kier molecular flexibility index (Phi) is 3.93. The Balaban J connectivity index is 2.22. The molecule has 2 heterocycles. The van der Waals surface area contributed by atoms with Crippen LogP contribution in [0.1, 0.15) is 18.4 Å². The van der Waals surface area contributed by atoms with Gasteiger partial charge in [-0.25, -0.2) is 9.37 Å². The molecular weight excluding hydrogens is 264 g/mol. The third-order valence-electron chi connectivity index (χ3n) is 3.26. The number of hydrogen-bond acceptors (Lipinski definition) is 3. The van der Waals surface area contributed by atoms with Crippen molar-refractivity contribution >= 4 is 5.82 Å². The minimum atomic E-state index is -4.24. The SMILES string of the molecule is OCc1cc(F)cnc1N1CCCC(C(F)(F)F)C1. The summed E-state index contributed by atoms with van der Waals surface area (Å²) in [5, 5.41) is 9.14. The fraction of sp³-hybridized carbons (Fsp3) is 0.583. The lowest BCUT2D eigenvalue weighted by Gasteiger charge is -2.35. The molecule has 0 aliphatic carbocycles. The molecule has 0 spiro atoms. The lowest BCUT2D eigenvalue weighted by molar-refractivity contribution is -0.176. The van der Waals surface area contributed by atoms with E-state index in [4.69, 9.17) is 5.11 Å². The van der Waals surface area contributed by atoms with Crippen LogP contribution < -0.4 is 4.90 Å². The second kappa shape index (κ2) is 5.32. The Bertz CT molecular complexity index is 450. The van der Waals surface area contributed by atoms with Crippen LogP contribution in [0.4, 0.5) is 23.4 Å². The van der Waals surface area contributed by atoms with Crippen molar-refractivity contribution in [2.45, 2.75) is 25.6 Å². The highest BCUT2D eigenvalue weighted by atomic mass is 19.4. The molecule has 1 fully saturated rings. The number of aliphatic hydroxyl groups excluding tert-OH is 1. The molecule has 0 radical (unpaired) electrons. The molecule has 0 aromatic carbocycles. The van der Waals surface area contributed by atoms with Crippen LogP contribution in [0.25, 0.3) is 0 Å². The largest absolute Gasteiger partial charge is 0.393 e. The van der Waals surface area contributed by atoms with E-state index in [1.54, 1.807) is 0 Å². The van der Waals surface area contributed by atoms with Crippen LogP contribution in [-0.4, -0.2) is 29.4 Å². The molecule has 1 atom stereocenters. The highest BCUT2D eigenvalue weighted by Gasteiger charge is 2.42. The van der Waals surface area contributed by atoms with Gasteiger partial charge in [0, 0.05) is 18.7 Å². The summed E-state index contributed by atoms with van der Waals surface area (Å²) in [6.45, 7) is -0.222. The van der Waals surface area contributed by atoms with Crippen molar-refractivity contribution < 1.29 is 22.7 Å². The number of alkyl halides is 3. The van der Waals surface area contributed by atoms with E-state index in [1.807, 2.05) is 0 Å². The molecule has 0 saturated carbocycles. The van der Waals surface area contributed by atoms with Gasteiger partial charge in [-0.15, -0.1) is 0 Å². The smallest absolute Gasteiger partial charge is 0.392 e. The van der Waals surface area contributed by atoms with Crippen LogP contribution in [-0.2, 0) is 6.61 Å². The van der Waals surface area contributed by atoms with Gasteiger partial charge in [0.05, 0.1) is 18.7 Å². The molecule has 0 bridgehead atoms. The molecule has 3 nitrogen and oxygen atoms in total. The number of pyridine rings is 1. The van der Waals surface area contributed by atoms with Gasteiger partial charge < -0.3 is 10.0 Å². The molecule has 106 valence electrons. The molecule has 0 amide bonds. The van der Waals surface area contributed by atoms with E-state index in [2.05, 4.69) is 4.98 Å². The fourth-order valence-electron chi connectivity index (χ4n) is 2.31. The zero-order valence-corrected chi connectivity index (χ0v) is 10.1. The number of anilines is 1. The van der Waals surface area contributed by atoms with Crippen LogP contribution in [0.3, 0.4) is 0 Å². The molecule has 2 rings (SSSR count). The van der Waals surface area contributed by atoms with Gasteiger partial charge in [-0.2, -0.15) is 13.2 Å². The Morgan fingerprint density at radius 3 is 2.79 bits per heavy atom. The number of halogens is 4. The van der Waals surface area contributed by atoms with Gasteiger partial charge in [0.2, 0.25) is 0 Å².